The Balaban J connectivity index is 1.62. The van der Waals surface area contributed by atoms with Crippen LogP contribution in [-0.4, -0.2) is 48.2 Å². The maximum absolute atomic E-state index is 5.98. The summed E-state index contributed by atoms with van der Waals surface area (Å²) in [5.74, 6) is 2.62. The van der Waals surface area contributed by atoms with Crippen molar-refractivity contribution < 1.29 is 4.74 Å². The average Bonchev–Trinajstić information content (AvgIpc) is 2.57. The molecule has 0 saturated carbocycles. The fourth-order valence-electron chi connectivity index (χ4n) is 2.81. The summed E-state index contributed by atoms with van der Waals surface area (Å²) in [5, 5.41) is 0. The summed E-state index contributed by atoms with van der Waals surface area (Å²) in [4.78, 5) is 17.5. The van der Waals surface area contributed by atoms with E-state index in [-0.39, 0.29) is 6.10 Å². The summed E-state index contributed by atoms with van der Waals surface area (Å²) in [7, 11) is 4.01. The minimum absolute atomic E-state index is 0.231. The van der Waals surface area contributed by atoms with Crippen LogP contribution < -0.4 is 14.5 Å². The van der Waals surface area contributed by atoms with Crippen molar-refractivity contribution in [1.29, 1.82) is 0 Å². The predicted molar refractivity (Wildman–Crippen MR) is 91.2 cm³/mol. The highest BCUT2D eigenvalue weighted by molar-refractivity contribution is 5.48. The lowest BCUT2D eigenvalue weighted by Gasteiger charge is -2.32. The Bertz CT molecular complexity index is 639. The van der Waals surface area contributed by atoms with E-state index < -0.39 is 0 Å². The normalized spacial score (nSPS) is 15.5. The van der Waals surface area contributed by atoms with Gasteiger partial charge in [0.2, 0.25) is 5.95 Å². The monoisotopic (exact) mass is 313 g/mol. The van der Waals surface area contributed by atoms with Crippen LogP contribution in [0.5, 0.6) is 5.75 Å². The second-order valence-electron chi connectivity index (χ2n) is 6.06. The minimum Gasteiger partial charge on any atom is -0.489 e. The molecule has 0 atom stereocenters. The van der Waals surface area contributed by atoms with Gasteiger partial charge in [-0.3, -0.25) is 4.98 Å². The van der Waals surface area contributed by atoms with Crippen molar-refractivity contribution in [3.8, 4) is 5.75 Å². The summed E-state index contributed by atoms with van der Waals surface area (Å²) in [5.41, 5.74) is 1.09. The van der Waals surface area contributed by atoms with Crippen molar-refractivity contribution in [1.82, 2.24) is 15.0 Å². The Kier molecular flexibility index (Phi) is 4.60. The van der Waals surface area contributed by atoms with Gasteiger partial charge in [0.15, 0.2) is 0 Å². The maximum Gasteiger partial charge on any atom is 0.227 e. The Morgan fingerprint density at radius 3 is 2.65 bits per heavy atom. The molecule has 6 heteroatoms. The molecule has 3 rings (SSSR count). The minimum atomic E-state index is 0.231. The molecular formula is C17H23N5O. The van der Waals surface area contributed by atoms with Crippen LogP contribution in [0.15, 0.2) is 30.7 Å². The molecule has 0 bridgehead atoms. The summed E-state index contributed by atoms with van der Waals surface area (Å²) >= 11 is 0. The molecule has 0 N–H and O–H groups in total. The summed E-state index contributed by atoms with van der Waals surface area (Å²) in [6.07, 6.45) is 7.57. The van der Waals surface area contributed by atoms with E-state index in [9.17, 15) is 0 Å². The molecule has 0 radical (unpaired) electrons. The Labute approximate surface area is 137 Å². The molecule has 0 aromatic carbocycles. The van der Waals surface area contributed by atoms with E-state index in [1.54, 1.807) is 12.4 Å². The number of aryl methyl sites for hydroxylation is 1. The van der Waals surface area contributed by atoms with Crippen molar-refractivity contribution >= 4 is 11.8 Å². The zero-order chi connectivity index (χ0) is 16.2. The second-order valence-corrected chi connectivity index (χ2v) is 6.06. The molecule has 1 fully saturated rings. The number of anilines is 2. The number of pyridine rings is 1. The van der Waals surface area contributed by atoms with Gasteiger partial charge in [-0.25, -0.2) is 4.98 Å². The largest absolute Gasteiger partial charge is 0.489 e. The molecule has 1 saturated heterocycles. The quantitative estimate of drug-likeness (QED) is 0.863. The van der Waals surface area contributed by atoms with E-state index in [1.165, 1.54) is 0 Å². The molecule has 2 aromatic rings. The van der Waals surface area contributed by atoms with E-state index in [2.05, 4.69) is 14.9 Å². The molecule has 2 aromatic heterocycles. The van der Waals surface area contributed by atoms with Crippen LogP contribution in [-0.2, 0) is 0 Å². The summed E-state index contributed by atoms with van der Waals surface area (Å²) in [6.45, 7) is 3.84. The number of hydrogen-bond acceptors (Lipinski definition) is 6. The Morgan fingerprint density at radius 2 is 2.00 bits per heavy atom. The first-order valence-corrected chi connectivity index (χ1v) is 7.96. The van der Waals surface area contributed by atoms with E-state index >= 15 is 0 Å². The molecule has 0 amide bonds. The number of aromatic nitrogens is 3. The Hall–Kier alpha value is -2.37. The average molecular weight is 313 g/mol. The van der Waals surface area contributed by atoms with E-state index in [0.29, 0.717) is 0 Å². The van der Waals surface area contributed by atoms with Crippen LogP contribution in [0.25, 0.3) is 0 Å². The summed E-state index contributed by atoms with van der Waals surface area (Å²) < 4.78 is 5.98. The predicted octanol–water partition coefficient (Wildman–Crippen LogP) is 2.29. The standard InChI is InChI=1S/C17H23N5O/c1-13-11-19-17(20-16(13)21(2)3)22-9-6-14(7-10-22)23-15-5-4-8-18-12-15/h4-5,8,11-12,14H,6-7,9-10H2,1-3H3. The molecule has 6 nitrogen and oxygen atoms in total. The Morgan fingerprint density at radius 1 is 1.22 bits per heavy atom. The zero-order valence-corrected chi connectivity index (χ0v) is 13.9. The molecule has 122 valence electrons. The van der Waals surface area contributed by atoms with Gasteiger partial charge >= 0.3 is 0 Å². The number of hydrogen-bond donors (Lipinski definition) is 0. The number of piperidine rings is 1. The fraction of sp³-hybridized carbons (Fsp3) is 0.471. The van der Waals surface area contributed by atoms with E-state index in [4.69, 9.17) is 9.72 Å². The van der Waals surface area contributed by atoms with Gasteiger partial charge in [0.25, 0.3) is 0 Å². The lowest BCUT2D eigenvalue weighted by Crippen LogP contribution is -2.39. The molecule has 3 heterocycles. The topological polar surface area (TPSA) is 54.4 Å². The number of rotatable bonds is 4. The number of nitrogens with zero attached hydrogens (tertiary/aromatic N) is 5. The van der Waals surface area contributed by atoms with Gasteiger partial charge in [0, 0.05) is 58.0 Å². The van der Waals surface area contributed by atoms with E-state index in [0.717, 1.165) is 49.0 Å². The van der Waals surface area contributed by atoms with Crippen LogP contribution in [0.2, 0.25) is 0 Å². The van der Waals surface area contributed by atoms with Gasteiger partial charge in [0.05, 0.1) is 6.20 Å². The highest BCUT2D eigenvalue weighted by Gasteiger charge is 2.23. The van der Waals surface area contributed by atoms with Crippen LogP contribution >= 0.6 is 0 Å². The van der Waals surface area contributed by atoms with Gasteiger partial charge in [-0.05, 0) is 19.1 Å². The van der Waals surface area contributed by atoms with Gasteiger partial charge in [-0.2, -0.15) is 4.98 Å². The van der Waals surface area contributed by atoms with Gasteiger partial charge in [-0.15, -0.1) is 0 Å². The van der Waals surface area contributed by atoms with Crippen LogP contribution in [0.3, 0.4) is 0 Å². The van der Waals surface area contributed by atoms with Gasteiger partial charge < -0.3 is 14.5 Å². The molecule has 1 aliphatic heterocycles. The first kappa shape index (κ1) is 15.5. The SMILES string of the molecule is Cc1cnc(N2CCC(Oc3cccnc3)CC2)nc1N(C)C. The number of ether oxygens (including phenoxy) is 1. The van der Waals surface area contributed by atoms with Crippen molar-refractivity contribution in [3.63, 3.8) is 0 Å². The van der Waals surface area contributed by atoms with Crippen molar-refractivity contribution in [2.75, 3.05) is 37.0 Å². The van der Waals surface area contributed by atoms with Crippen molar-refractivity contribution in [2.45, 2.75) is 25.9 Å². The first-order valence-electron chi connectivity index (χ1n) is 7.96. The lowest BCUT2D eigenvalue weighted by molar-refractivity contribution is 0.170. The van der Waals surface area contributed by atoms with Crippen LogP contribution in [0, 0.1) is 6.92 Å². The molecular weight excluding hydrogens is 290 g/mol. The van der Waals surface area contributed by atoms with Gasteiger partial charge in [-0.1, -0.05) is 0 Å². The maximum atomic E-state index is 5.98. The molecule has 0 spiro atoms. The second kappa shape index (κ2) is 6.81. The third kappa shape index (κ3) is 3.70. The molecule has 1 aliphatic rings. The van der Waals surface area contributed by atoms with Crippen molar-refractivity contribution in [3.05, 3.63) is 36.3 Å². The first-order chi connectivity index (χ1) is 11.1. The van der Waals surface area contributed by atoms with E-state index in [1.807, 2.05) is 44.2 Å². The highest BCUT2D eigenvalue weighted by Crippen LogP contribution is 2.23. The van der Waals surface area contributed by atoms with Gasteiger partial charge in [0.1, 0.15) is 17.7 Å². The molecule has 0 unspecified atom stereocenters. The third-order valence-electron chi connectivity index (χ3n) is 4.02. The smallest absolute Gasteiger partial charge is 0.227 e. The summed E-state index contributed by atoms with van der Waals surface area (Å²) in [6, 6.07) is 3.85. The van der Waals surface area contributed by atoms with Crippen molar-refractivity contribution in [2.24, 2.45) is 0 Å². The zero-order valence-electron chi connectivity index (χ0n) is 13.9. The van der Waals surface area contributed by atoms with Crippen LogP contribution in [0.4, 0.5) is 11.8 Å². The lowest BCUT2D eigenvalue weighted by atomic mass is 10.1. The fourth-order valence-corrected chi connectivity index (χ4v) is 2.81. The highest BCUT2D eigenvalue weighted by atomic mass is 16.5. The van der Waals surface area contributed by atoms with Crippen LogP contribution in [0.1, 0.15) is 18.4 Å². The molecule has 0 aliphatic carbocycles. The third-order valence-corrected chi connectivity index (χ3v) is 4.02. The molecule has 23 heavy (non-hydrogen) atoms.